The molecule has 28 heavy (non-hydrogen) atoms. The van der Waals surface area contributed by atoms with Crippen LogP contribution in [0.15, 0.2) is 23.0 Å². The standard InChI is InChI=1S/C13H14N6O2.C2HF3O2/c1-3-9-17-10(21-18-9)7-15-12(20)11-8(2)16-13-14-5-4-6-19(11)13;3-2(4,5)1(6)7/h4-6H,3,7H2,1-2H3,(H,15,20);(H,6,7). The Balaban J connectivity index is 0.000000345. The van der Waals surface area contributed by atoms with Gasteiger partial charge in [-0.05, 0) is 13.0 Å². The summed E-state index contributed by atoms with van der Waals surface area (Å²) in [4.78, 5) is 33.7. The highest BCUT2D eigenvalue weighted by atomic mass is 19.4. The number of nitrogens with zero attached hydrogens (tertiary/aromatic N) is 5. The van der Waals surface area contributed by atoms with Crippen LogP contribution in [0.5, 0.6) is 0 Å². The van der Waals surface area contributed by atoms with Crippen molar-refractivity contribution in [1.82, 2.24) is 29.8 Å². The predicted molar refractivity (Wildman–Crippen MR) is 86.3 cm³/mol. The lowest BCUT2D eigenvalue weighted by atomic mass is 10.3. The van der Waals surface area contributed by atoms with E-state index in [2.05, 4.69) is 25.4 Å². The molecular weight excluding hydrogens is 385 g/mol. The third kappa shape index (κ3) is 5.02. The first-order valence-electron chi connectivity index (χ1n) is 7.83. The molecule has 150 valence electrons. The maximum absolute atomic E-state index is 12.3. The summed E-state index contributed by atoms with van der Waals surface area (Å²) in [6.45, 7) is 3.88. The van der Waals surface area contributed by atoms with Crippen molar-refractivity contribution in [3.05, 3.63) is 41.6 Å². The van der Waals surface area contributed by atoms with E-state index in [0.29, 0.717) is 35.3 Å². The quantitative estimate of drug-likeness (QED) is 0.673. The number of aryl methyl sites for hydroxylation is 2. The zero-order valence-corrected chi connectivity index (χ0v) is 14.7. The largest absolute Gasteiger partial charge is 0.490 e. The van der Waals surface area contributed by atoms with Gasteiger partial charge in [0, 0.05) is 18.8 Å². The topological polar surface area (TPSA) is 136 Å². The highest BCUT2D eigenvalue weighted by Gasteiger charge is 2.38. The molecule has 1 amide bonds. The molecule has 3 heterocycles. The normalized spacial score (nSPS) is 11.0. The van der Waals surface area contributed by atoms with Crippen molar-refractivity contribution in [2.45, 2.75) is 33.0 Å². The van der Waals surface area contributed by atoms with Crippen molar-refractivity contribution in [1.29, 1.82) is 0 Å². The number of aromatic nitrogens is 5. The third-order valence-electron chi connectivity index (χ3n) is 3.26. The molecule has 0 bridgehead atoms. The third-order valence-corrected chi connectivity index (χ3v) is 3.26. The lowest BCUT2D eigenvalue weighted by molar-refractivity contribution is -0.192. The van der Waals surface area contributed by atoms with E-state index in [1.165, 1.54) is 0 Å². The number of halogens is 3. The van der Waals surface area contributed by atoms with Crippen LogP contribution in [0.25, 0.3) is 5.78 Å². The smallest absolute Gasteiger partial charge is 0.475 e. The fourth-order valence-electron chi connectivity index (χ4n) is 2.02. The summed E-state index contributed by atoms with van der Waals surface area (Å²) in [5.41, 5.74) is 1.07. The number of rotatable bonds is 4. The predicted octanol–water partition coefficient (Wildman–Crippen LogP) is 1.55. The van der Waals surface area contributed by atoms with Crippen molar-refractivity contribution in [3.63, 3.8) is 0 Å². The fourth-order valence-corrected chi connectivity index (χ4v) is 2.02. The molecule has 10 nitrogen and oxygen atoms in total. The minimum Gasteiger partial charge on any atom is -0.475 e. The Morgan fingerprint density at radius 3 is 2.57 bits per heavy atom. The molecule has 13 heteroatoms. The average molecular weight is 400 g/mol. The van der Waals surface area contributed by atoms with Crippen molar-refractivity contribution < 1.29 is 32.4 Å². The van der Waals surface area contributed by atoms with Gasteiger partial charge < -0.3 is 14.9 Å². The number of carboxylic acids is 1. The zero-order valence-electron chi connectivity index (χ0n) is 14.7. The Hall–Kier alpha value is -3.51. The van der Waals surface area contributed by atoms with Gasteiger partial charge >= 0.3 is 12.1 Å². The first-order valence-corrected chi connectivity index (χ1v) is 7.83. The zero-order chi connectivity index (χ0) is 20.9. The number of amides is 1. The fraction of sp³-hybridized carbons (Fsp3) is 0.333. The lowest BCUT2D eigenvalue weighted by Gasteiger charge is -2.03. The van der Waals surface area contributed by atoms with Crippen molar-refractivity contribution in [3.8, 4) is 0 Å². The van der Waals surface area contributed by atoms with Crippen LogP contribution in [0, 0.1) is 6.92 Å². The number of hydrogen-bond acceptors (Lipinski definition) is 7. The number of hydrogen-bond donors (Lipinski definition) is 2. The van der Waals surface area contributed by atoms with E-state index < -0.39 is 12.1 Å². The van der Waals surface area contributed by atoms with E-state index in [0.717, 1.165) is 0 Å². The minimum absolute atomic E-state index is 0.179. The summed E-state index contributed by atoms with van der Waals surface area (Å²) >= 11 is 0. The van der Waals surface area contributed by atoms with Crippen molar-refractivity contribution in [2.75, 3.05) is 0 Å². The average Bonchev–Trinajstić information content (AvgIpc) is 3.22. The second kappa shape index (κ2) is 8.45. The van der Waals surface area contributed by atoms with E-state index in [1.54, 1.807) is 29.8 Å². The molecule has 2 N–H and O–H groups in total. The molecule has 0 aliphatic carbocycles. The Kier molecular flexibility index (Phi) is 6.28. The number of aliphatic carboxylic acids is 1. The van der Waals surface area contributed by atoms with Gasteiger partial charge in [0.25, 0.3) is 5.91 Å². The number of carbonyl (C=O) groups excluding carboxylic acids is 1. The molecule has 0 aliphatic rings. The summed E-state index contributed by atoms with van der Waals surface area (Å²) in [6, 6.07) is 1.75. The maximum atomic E-state index is 12.3. The molecule has 0 aliphatic heterocycles. The molecular formula is C15H15F3N6O4. The van der Waals surface area contributed by atoms with Crippen LogP contribution in [0.3, 0.4) is 0 Å². The summed E-state index contributed by atoms with van der Waals surface area (Å²) < 4.78 is 38.4. The summed E-state index contributed by atoms with van der Waals surface area (Å²) in [5, 5.41) is 13.7. The molecule has 0 saturated carbocycles. The van der Waals surface area contributed by atoms with Crippen LogP contribution in [-0.2, 0) is 17.8 Å². The van der Waals surface area contributed by atoms with Gasteiger partial charge in [0.05, 0.1) is 12.2 Å². The molecule has 0 atom stereocenters. The molecule has 3 rings (SSSR count). The molecule has 0 fully saturated rings. The van der Waals surface area contributed by atoms with Gasteiger partial charge in [-0.1, -0.05) is 12.1 Å². The molecule has 3 aromatic heterocycles. The number of fused-ring (bicyclic) bond motifs is 1. The molecule has 0 aromatic carbocycles. The molecule has 3 aromatic rings. The van der Waals surface area contributed by atoms with Crippen LogP contribution in [0.2, 0.25) is 0 Å². The molecule has 0 saturated heterocycles. The van der Waals surface area contributed by atoms with Gasteiger partial charge in [-0.2, -0.15) is 18.2 Å². The van der Waals surface area contributed by atoms with Crippen LogP contribution in [0.4, 0.5) is 13.2 Å². The molecule has 0 radical (unpaired) electrons. The maximum Gasteiger partial charge on any atom is 0.490 e. The Labute approximate surface area is 155 Å². The molecule has 0 unspecified atom stereocenters. The van der Waals surface area contributed by atoms with E-state index >= 15 is 0 Å². The Morgan fingerprint density at radius 1 is 1.32 bits per heavy atom. The second-order valence-electron chi connectivity index (χ2n) is 5.28. The van der Waals surface area contributed by atoms with E-state index in [4.69, 9.17) is 14.4 Å². The van der Waals surface area contributed by atoms with Gasteiger partial charge in [0.15, 0.2) is 5.82 Å². The first kappa shape index (κ1) is 20.8. The van der Waals surface area contributed by atoms with Gasteiger partial charge in [0.2, 0.25) is 11.7 Å². The number of alkyl halides is 3. The first-order chi connectivity index (χ1) is 13.1. The van der Waals surface area contributed by atoms with E-state index in [1.807, 2.05) is 6.92 Å². The number of nitrogens with one attached hydrogen (secondary N) is 1. The van der Waals surface area contributed by atoms with Crippen LogP contribution in [-0.4, -0.2) is 47.7 Å². The Morgan fingerprint density at radius 2 is 2.00 bits per heavy atom. The monoisotopic (exact) mass is 400 g/mol. The number of carboxylic acid groups (broad SMARTS) is 1. The van der Waals surface area contributed by atoms with Crippen LogP contribution < -0.4 is 5.32 Å². The van der Waals surface area contributed by atoms with Crippen LogP contribution in [0.1, 0.15) is 34.8 Å². The van der Waals surface area contributed by atoms with Gasteiger partial charge in [-0.25, -0.2) is 14.8 Å². The van der Waals surface area contributed by atoms with E-state index in [9.17, 15) is 18.0 Å². The SMILES string of the molecule is CCc1noc(CNC(=O)c2c(C)nc3ncccn23)n1.O=C(O)C(F)(F)F. The highest BCUT2D eigenvalue weighted by molar-refractivity contribution is 5.94. The summed E-state index contributed by atoms with van der Waals surface area (Å²) in [6.07, 6.45) is -1.01. The van der Waals surface area contributed by atoms with Gasteiger partial charge in [0.1, 0.15) is 5.69 Å². The summed E-state index contributed by atoms with van der Waals surface area (Å²) in [5.74, 6) is -1.53. The minimum atomic E-state index is -5.08. The van der Waals surface area contributed by atoms with E-state index in [-0.39, 0.29) is 12.5 Å². The second-order valence-corrected chi connectivity index (χ2v) is 5.28. The van der Waals surface area contributed by atoms with Gasteiger partial charge in [-0.15, -0.1) is 0 Å². The number of imidazole rings is 1. The van der Waals surface area contributed by atoms with Crippen molar-refractivity contribution >= 4 is 17.7 Å². The Bertz CT molecular complexity index is 982. The lowest BCUT2D eigenvalue weighted by Crippen LogP contribution is -2.25. The van der Waals surface area contributed by atoms with Crippen molar-refractivity contribution in [2.24, 2.45) is 0 Å². The van der Waals surface area contributed by atoms with Gasteiger partial charge in [-0.3, -0.25) is 9.20 Å². The number of carbonyl (C=O) groups is 2. The summed E-state index contributed by atoms with van der Waals surface area (Å²) in [7, 11) is 0. The van der Waals surface area contributed by atoms with Crippen LogP contribution >= 0.6 is 0 Å². The highest BCUT2D eigenvalue weighted by Crippen LogP contribution is 2.13. The molecule has 0 spiro atoms.